The van der Waals surface area contributed by atoms with Gasteiger partial charge in [0.15, 0.2) is 9.84 Å². The average molecular weight is 346 g/mol. The molecule has 0 saturated carbocycles. The summed E-state index contributed by atoms with van der Waals surface area (Å²) in [6.07, 6.45) is 0.658. The molecule has 1 fully saturated rings. The number of nitrogens with one attached hydrogen (secondary N) is 1. The highest BCUT2D eigenvalue weighted by molar-refractivity contribution is 9.10. The van der Waals surface area contributed by atoms with E-state index in [1.54, 1.807) is 6.07 Å². The van der Waals surface area contributed by atoms with Crippen LogP contribution in [0.3, 0.4) is 0 Å². The second-order valence-corrected chi connectivity index (χ2v) is 7.83. The van der Waals surface area contributed by atoms with Gasteiger partial charge in [-0.25, -0.2) is 8.42 Å². The molecule has 1 aliphatic rings. The summed E-state index contributed by atoms with van der Waals surface area (Å²) < 4.78 is 23.8. The van der Waals surface area contributed by atoms with Gasteiger partial charge in [-0.1, -0.05) is 0 Å². The van der Waals surface area contributed by atoms with Crippen LogP contribution < -0.4 is 10.6 Å². The van der Waals surface area contributed by atoms with Crippen molar-refractivity contribution in [2.45, 2.75) is 12.5 Å². The predicted molar refractivity (Wildman–Crippen MR) is 80.6 cm³/mol. The van der Waals surface area contributed by atoms with Crippen LogP contribution in [0.4, 0.5) is 5.69 Å². The number of nitrogens with zero attached hydrogens (tertiary/aromatic N) is 1. The Bertz CT molecular complexity index is 615. The van der Waals surface area contributed by atoms with Gasteiger partial charge >= 0.3 is 0 Å². The minimum Gasteiger partial charge on any atom is -0.384 e. The Kier molecular flexibility index (Phi) is 3.87. The molecular weight excluding hydrogens is 330 g/mol. The fourth-order valence-electron chi connectivity index (χ4n) is 2.23. The van der Waals surface area contributed by atoms with Gasteiger partial charge in [-0.3, -0.25) is 5.41 Å². The first-order valence-corrected chi connectivity index (χ1v) is 8.49. The summed E-state index contributed by atoms with van der Waals surface area (Å²) in [6.45, 7) is 0. The summed E-state index contributed by atoms with van der Waals surface area (Å²) in [5.74, 6) is 0.467. The molecule has 0 bridgehead atoms. The molecule has 1 saturated heterocycles. The first-order valence-electron chi connectivity index (χ1n) is 5.87. The molecule has 1 unspecified atom stereocenters. The van der Waals surface area contributed by atoms with Crippen molar-refractivity contribution in [3.8, 4) is 0 Å². The molecule has 1 aromatic carbocycles. The van der Waals surface area contributed by atoms with Crippen molar-refractivity contribution in [3.05, 3.63) is 28.2 Å². The van der Waals surface area contributed by atoms with Gasteiger partial charge in [0.2, 0.25) is 0 Å². The van der Waals surface area contributed by atoms with Gasteiger partial charge in [0.1, 0.15) is 5.84 Å². The quantitative estimate of drug-likeness (QED) is 0.639. The number of anilines is 1. The van der Waals surface area contributed by atoms with Crippen molar-refractivity contribution in [3.63, 3.8) is 0 Å². The highest BCUT2D eigenvalue weighted by Gasteiger charge is 2.30. The zero-order valence-electron chi connectivity index (χ0n) is 10.6. The molecule has 5 nitrogen and oxygen atoms in total. The van der Waals surface area contributed by atoms with Gasteiger partial charge in [0.25, 0.3) is 0 Å². The summed E-state index contributed by atoms with van der Waals surface area (Å²) in [6, 6.07) is 5.50. The maximum absolute atomic E-state index is 11.5. The Morgan fingerprint density at radius 1 is 1.53 bits per heavy atom. The van der Waals surface area contributed by atoms with E-state index in [1.165, 1.54) is 0 Å². The summed E-state index contributed by atoms with van der Waals surface area (Å²) in [4.78, 5) is 1.97. The largest absolute Gasteiger partial charge is 0.384 e. The van der Waals surface area contributed by atoms with Gasteiger partial charge < -0.3 is 10.6 Å². The molecule has 0 amide bonds. The number of rotatable bonds is 3. The first-order chi connectivity index (χ1) is 8.80. The van der Waals surface area contributed by atoms with Crippen LogP contribution in [-0.2, 0) is 9.84 Å². The number of hydrogen-bond acceptors (Lipinski definition) is 4. The topological polar surface area (TPSA) is 87.2 Å². The summed E-state index contributed by atoms with van der Waals surface area (Å²) in [5, 5.41) is 7.43. The lowest BCUT2D eigenvalue weighted by atomic mass is 10.1. The third kappa shape index (κ3) is 3.09. The second kappa shape index (κ2) is 5.13. The van der Waals surface area contributed by atoms with Crippen LogP contribution in [0.1, 0.15) is 12.0 Å². The molecule has 1 atom stereocenters. The monoisotopic (exact) mass is 345 g/mol. The van der Waals surface area contributed by atoms with E-state index >= 15 is 0 Å². The number of nitrogens with two attached hydrogens (primary N) is 1. The van der Waals surface area contributed by atoms with Crippen molar-refractivity contribution in [2.24, 2.45) is 5.73 Å². The molecule has 0 spiro atoms. The lowest BCUT2D eigenvalue weighted by Gasteiger charge is -2.26. The van der Waals surface area contributed by atoms with E-state index in [1.807, 2.05) is 24.1 Å². The maximum Gasteiger partial charge on any atom is 0.152 e. The standard InChI is InChI=1S/C12H16BrN3O2S/c1-16(9-4-5-19(17,18)7-9)8-2-3-10(12(14)15)11(13)6-8/h2-3,6,9H,4-5,7H2,1H3,(H3,14,15). The molecule has 1 heterocycles. The zero-order chi connectivity index (χ0) is 14.2. The predicted octanol–water partition coefficient (Wildman–Crippen LogP) is 1.36. The van der Waals surface area contributed by atoms with Gasteiger partial charge in [0.05, 0.1) is 11.5 Å². The molecule has 1 aliphatic heterocycles. The van der Waals surface area contributed by atoms with Gasteiger partial charge in [-0.15, -0.1) is 0 Å². The number of nitrogen functional groups attached to an aromatic ring is 1. The summed E-state index contributed by atoms with van der Waals surface area (Å²) >= 11 is 3.38. The third-order valence-corrected chi connectivity index (χ3v) is 5.81. The van der Waals surface area contributed by atoms with Crippen LogP contribution in [0, 0.1) is 5.41 Å². The van der Waals surface area contributed by atoms with Gasteiger partial charge in [-0.05, 0) is 40.5 Å². The number of benzene rings is 1. The normalized spacial score (nSPS) is 21.3. The van der Waals surface area contributed by atoms with Crippen molar-refractivity contribution in [2.75, 3.05) is 23.5 Å². The molecule has 0 radical (unpaired) electrons. The van der Waals surface area contributed by atoms with E-state index in [4.69, 9.17) is 11.1 Å². The molecule has 19 heavy (non-hydrogen) atoms. The van der Waals surface area contributed by atoms with Crippen LogP contribution in [0.25, 0.3) is 0 Å². The molecule has 7 heteroatoms. The van der Waals surface area contributed by atoms with E-state index in [0.29, 0.717) is 12.0 Å². The summed E-state index contributed by atoms with van der Waals surface area (Å²) in [7, 11) is -0.998. The van der Waals surface area contributed by atoms with Gasteiger partial charge in [-0.2, -0.15) is 0 Å². The third-order valence-electron chi connectivity index (χ3n) is 3.41. The molecular formula is C12H16BrN3O2S. The van der Waals surface area contributed by atoms with Crippen molar-refractivity contribution in [1.29, 1.82) is 5.41 Å². The number of hydrogen-bond donors (Lipinski definition) is 2. The maximum atomic E-state index is 11.5. The molecule has 2 rings (SSSR count). The lowest BCUT2D eigenvalue weighted by Crippen LogP contribution is -2.32. The Hall–Kier alpha value is -1.08. The Morgan fingerprint density at radius 3 is 2.68 bits per heavy atom. The highest BCUT2D eigenvalue weighted by Crippen LogP contribution is 2.27. The first kappa shape index (κ1) is 14.3. The molecule has 0 aromatic heterocycles. The summed E-state index contributed by atoms with van der Waals surface area (Å²) in [5.41, 5.74) is 7.01. The number of sulfone groups is 1. The van der Waals surface area contributed by atoms with Gasteiger partial charge in [0, 0.05) is 28.8 Å². The fourth-order valence-corrected chi connectivity index (χ4v) is 4.59. The highest BCUT2D eigenvalue weighted by atomic mass is 79.9. The average Bonchev–Trinajstić information content (AvgIpc) is 2.68. The van der Waals surface area contributed by atoms with E-state index in [0.717, 1.165) is 10.2 Å². The minimum atomic E-state index is -2.89. The molecule has 0 aliphatic carbocycles. The van der Waals surface area contributed by atoms with E-state index < -0.39 is 9.84 Å². The number of amidine groups is 1. The second-order valence-electron chi connectivity index (χ2n) is 4.75. The number of halogens is 1. The molecule has 3 N–H and O–H groups in total. The Labute approximate surface area is 121 Å². The van der Waals surface area contributed by atoms with Crippen LogP contribution in [0.5, 0.6) is 0 Å². The van der Waals surface area contributed by atoms with Crippen LogP contribution in [0.2, 0.25) is 0 Å². The fraction of sp³-hybridized carbons (Fsp3) is 0.417. The van der Waals surface area contributed by atoms with Crippen LogP contribution in [-0.4, -0.2) is 38.8 Å². The molecule has 1 aromatic rings. The zero-order valence-corrected chi connectivity index (χ0v) is 13.0. The smallest absolute Gasteiger partial charge is 0.152 e. The van der Waals surface area contributed by atoms with Crippen molar-refractivity contribution < 1.29 is 8.42 Å². The minimum absolute atomic E-state index is 0.00419. The SMILES string of the molecule is CN(c1ccc(C(=N)N)c(Br)c1)C1CCS(=O)(=O)C1. The van der Waals surface area contributed by atoms with Crippen LogP contribution >= 0.6 is 15.9 Å². The van der Waals surface area contributed by atoms with E-state index in [9.17, 15) is 8.42 Å². The lowest BCUT2D eigenvalue weighted by molar-refractivity contribution is 0.601. The Morgan fingerprint density at radius 2 is 2.21 bits per heavy atom. The van der Waals surface area contributed by atoms with E-state index in [2.05, 4.69) is 15.9 Å². The van der Waals surface area contributed by atoms with Crippen LogP contribution in [0.15, 0.2) is 22.7 Å². The Balaban J connectivity index is 2.23. The van der Waals surface area contributed by atoms with Crippen molar-refractivity contribution in [1.82, 2.24) is 0 Å². The van der Waals surface area contributed by atoms with E-state index in [-0.39, 0.29) is 23.4 Å². The molecule has 104 valence electrons. The van der Waals surface area contributed by atoms with Crippen molar-refractivity contribution >= 4 is 37.3 Å².